The van der Waals surface area contributed by atoms with Crippen molar-refractivity contribution in [3.05, 3.63) is 36.5 Å². The summed E-state index contributed by atoms with van der Waals surface area (Å²) in [6, 6.07) is 0. The Morgan fingerprint density at radius 1 is 0.542 bits per heavy atom. The van der Waals surface area contributed by atoms with Crippen LogP contribution in [0, 0.1) is 0 Å². The maximum atomic E-state index is 12.8. The molecular weight excluding hydrogens is 753 g/mol. The van der Waals surface area contributed by atoms with Gasteiger partial charge in [0.25, 0.3) is 0 Å². The van der Waals surface area contributed by atoms with Gasteiger partial charge in [-0.3, -0.25) is 9.59 Å². The number of rotatable bonds is 39. The molecule has 11 nitrogen and oxygen atoms in total. The highest BCUT2D eigenvalue weighted by Gasteiger charge is 2.47. The highest BCUT2D eigenvalue weighted by atomic mass is 16.7. The number of aliphatic hydroxyl groups excluding tert-OH is 3. The van der Waals surface area contributed by atoms with Crippen LogP contribution in [0.15, 0.2) is 36.5 Å². The van der Waals surface area contributed by atoms with Crippen LogP contribution in [0.4, 0.5) is 0 Å². The molecule has 4 N–H and O–H groups in total. The predicted molar refractivity (Wildman–Crippen MR) is 234 cm³/mol. The van der Waals surface area contributed by atoms with Gasteiger partial charge in [0, 0.05) is 12.8 Å². The third-order valence-corrected chi connectivity index (χ3v) is 10.8. The molecule has 1 fully saturated rings. The van der Waals surface area contributed by atoms with E-state index in [2.05, 4.69) is 50.3 Å². The third kappa shape index (κ3) is 30.2. The molecule has 0 bridgehead atoms. The number of ether oxygens (including phenoxy) is 4. The SMILES string of the molecule is CC/C=C\C/C=C\C/C=C\CCCCCCCC(=O)OCC(COC1OC(C(=O)O)C(O)C(O)C1O)OC(=O)CCCCCCCCCCCCCCCCCCCC. The molecule has 0 aromatic carbocycles. The molecule has 0 spiro atoms. The molecule has 1 rings (SSSR count). The summed E-state index contributed by atoms with van der Waals surface area (Å²) in [5.74, 6) is -2.46. The van der Waals surface area contributed by atoms with Crippen molar-refractivity contribution in [3.8, 4) is 0 Å². The van der Waals surface area contributed by atoms with Crippen molar-refractivity contribution >= 4 is 17.9 Å². The van der Waals surface area contributed by atoms with Gasteiger partial charge >= 0.3 is 17.9 Å². The molecule has 0 radical (unpaired) electrons. The van der Waals surface area contributed by atoms with Crippen LogP contribution < -0.4 is 0 Å². The first kappa shape index (κ1) is 54.4. The quantitative estimate of drug-likeness (QED) is 0.0264. The van der Waals surface area contributed by atoms with Crippen LogP contribution in [0.2, 0.25) is 0 Å². The number of carboxylic acid groups (broad SMARTS) is 1. The number of unbranched alkanes of at least 4 members (excludes halogenated alkanes) is 22. The lowest BCUT2D eigenvalue weighted by Gasteiger charge is -2.38. The molecule has 0 aromatic heterocycles. The number of carbonyl (C=O) groups is 3. The van der Waals surface area contributed by atoms with Gasteiger partial charge in [0.1, 0.15) is 24.9 Å². The Labute approximate surface area is 357 Å². The second kappa shape index (κ2) is 38.4. The average molecular weight is 837 g/mol. The second-order valence-electron chi connectivity index (χ2n) is 16.2. The van der Waals surface area contributed by atoms with E-state index in [1.165, 1.54) is 89.9 Å². The van der Waals surface area contributed by atoms with E-state index in [1.54, 1.807) is 0 Å². The van der Waals surface area contributed by atoms with Gasteiger partial charge in [-0.25, -0.2) is 4.79 Å². The number of carboxylic acids is 1. The lowest BCUT2D eigenvalue weighted by Crippen LogP contribution is -2.60. The van der Waals surface area contributed by atoms with Gasteiger partial charge in [0.05, 0.1) is 6.61 Å². The second-order valence-corrected chi connectivity index (χ2v) is 16.2. The van der Waals surface area contributed by atoms with E-state index in [-0.39, 0.29) is 19.4 Å². The predicted octanol–water partition coefficient (Wildman–Crippen LogP) is 10.4. The first-order valence-corrected chi connectivity index (χ1v) is 23.5. The van der Waals surface area contributed by atoms with Gasteiger partial charge in [-0.1, -0.05) is 179 Å². The number of aliphatic carboxylic acids is 1. The molecule has 1 aliphatic heterocycles. The van der Waals surface area contributed by atoms with Crippen molar-refractivity contribution in [2.75, 3.05) is 13.2 Å². The third-order valence-electron chi connectivity index (χ3n) is 10.8. The summed E-state index contributed by atoms with van der Waals surface area (Å²) in [5, 5.41) is 39.8. The van der Waals surface area contributed by atoms with Crippen molar-refractivity contribution in [1.82, 2.24) is 0 Å². The van der Waals surface area contributed by atoms with E-state index < -0.39 is 61.3 Å². The maximum absolute atomic E-state index is 12.8. The van der Waals surface area contributed by atoms with Crippen molar-refractivity contribution in [2.45, 2.75) is 237 Å². The zero-order valence-corrected chi connectivity index (χ0v) is 37.0. The highest BCUT2D eigenvalue weighted by Crippen LogP contribution is 2.23. The lowest BCUT2D eigenvalue weighted by atomic mass is 9.99. The Bertz CT molecular complexity index is 1120. The number of hydrogen-bond donors (Lipinski definition) is 4. The molecule has 11 heteroatoms. The van der Waals surface area contributed by atoms with E-state index in [9.17, 15) is 34.8 Å². The highest BCUT2D eigenvalue weighted by molar-refractivity contribution is 5.73. The van der Waals surface area contributed by atoms with Crippen LogP contribution in [0.3, 0.4) is 0 Å². The molecule has 0 aliphatic carbocycles. The Balaban J connectivity index is 2.34. The minimum absolute atomic E-state index is 0.182. The molecule has 59 heavy (non-hydrogen) atoms. The molecule has 1 aliphatic rings. The minimum Gasteiger partial charge on any atom is -0.479 e. The Morgan fingerprint density at radius 2 is 1.00 bits per heavy atom. The number of aliphatic hydroxyl groups is 3. The number of allylic oxidation sites excluding steroid dienone is 6. The summed E-state index contributed by atoms with van der Waals surface area (Å²) in [4.78, 5) is 36.9. The fourth-order valence-corrected chi connectivity index (χ4v) is 7.07. The van der Waals surface area contributed by atoms with Crippen molar-refractivity contribution in [3.63, 3.8) is 0 Å². The van der Waals surface area contributed by atoms with Crippen molar-refractivity contribution in [1.29, 1.82) is 0 Å². The molecule has 0 aromatic rings. The summed E-state index contributed by atoms with van der Waals surface area (Å²) in [5.41, 5.74) is 0. The van der Waals surface area contributed by atoms with Gasteiger partial charge < -0.3 is 39.4 Å². The van der Waals surface area contributed by atoms with Crippen molar-refractivity contribution < 1.29 is 53.8 Å². The Hall–Kier alpha value is -2.57. The van der Waals surface area contributed by atoms with Gasteiger partial charge in [0.15, 0.2) is 18.5 Å². The summed E-state index contributed by atoms with van der Waals surface area (Å²) < 4.78 is 21.8. The van der Waals surface area contributed by atoms with E-state index in [0.29, 0.717) is 12.8 Å². The van der Waals surface area contributed by atoms with E-state index in [0.717, 1.165) is 70.6 Å². The van der Waals surface area contributed by atoms with Crippen LogP contribution in [0.25, 0.3) is 0 Å². The lowest BCUT2D eigenvalue weighted by molar-refractivity contribution is -0.298. The monoisotopic (exact) mass is 837 g/mol. The van der Waals surface area contributed by atoms with Crippen molar-refractivity contribution in [2.24, 2.45) is 0 Å². The van der Waals surface area contributed by atoms with E-state index in [4.69, 9.17) is 18.9 Å². The van der Waals surface area contributed by atoms with E-state index >= 15 is 0 Å². The largest absolute Gasteiger partial charge is 0.479 e. The number of carbonyl (C=O) groups excluding carboxylic acids is 2. The Kier molecular flexibility index (Phi) is 35.4. The van der Waals surface area contributed by atoms with Gasteiger partial charge in [0.2, 0.25) is 0 Å². The average Bonchev–Trinajstić information content (AvgIpc) is 3.22. The van der Waals surface area contributed by atoms with Crippen LogP contribution in [-0.4, -0.2) is 88.4 Å². The van der Waals surface area contributed by atoms with Crippen LogP contribution >= 0.6 is 0 Å². The summed E-state index contributed by atoms with van der Waals surface area (Å²) >= 11 is 0. The standard InChI is InChI=1S/C48H84O11/c1-3-5-7-9-11-13-15-17-19-20-21-23-25-27-29-31-33-35-37-42(50)58-40(39-57-48-45(53)43(51)44(52)46(59-48)47(54)55)38-56-41(49)36-34-32-30-28-26-24-22-18-16-14-12-10-8-6-4-2/h6,8,12,14,18,22,40,43-46,48,51-53H,3-5,7,9-11,13,15-17,19-21,23-39H2,1-2H3,(H,54,55)/b8-6-,14-12-,22-18-. The van der Waals surface area contributed by atoms with Gasteiger partial charge in [-0.15, -0.1) is 0 Å². The topological polar surface area (TPSA) is 169 Å². The van der Waals surface area contributed by atoms with Gasteiger partial charge in [-0.05, 0) is 44.9 Å². The van der Waals surface area contributed by atoms with Crippen LogP contribution in [-0.2, 0) is 33.3 Å². The summed E-state index contributed by atoms with van der Waals surface area (Å²) in [6.07, 6.45) is 34.8. The Morgan fingerprint density at radius 3 is 1.51 bits per heavy atom. The molecule has 6 atom stereocenters. The van der Waals surface area contributed by atoms with Crippen LogP contribution in [0.1, 0.15) is 200 Å². The fraction of sp³-hybridized carbons (Fsp3) is 0.812. The minimum atomic E-state index is -1.86. The molecule has 1 saturated heterocycles. The molecule has 6 unspecified atom stereocenters. The molecule has 342 valence electrons. The summed E-state index contributed by atoms with van der Waals surface area (Å²) in [6.45, 7) is 3.70. The normalized spacial score (nSPS) is 20.2. The molecular formula is C48H84O11. The molecule has 0 saturated carbocycles. The zero-order chi connectivity index (χ0) is 43.2. The van der Waals surface area contributed by atoms with E-state index in [1.807, 2.05) is 0 Å². The summed E-state index contributed by atoms with van der Waals surface area (Å²) in [7, 11) is 0. The molecule has 0 amide bonds. The maximum Gasteiger partial charge on any atom is 0.335 e. The smallest absolute Gasteiger partial charge is 0.335 e. The number of esters is 2. The first-order chi connectivity index (χ1) is 28.7. The fourth-order valence-electron chi connectivity index (χ4n) is 7.07. The number of hydrogen-bond acceptors (Lipinski definition) is 10. The van der Waals surface area contributed by atoms with Gasteiger partial charge in [-0.2, -0.15) is 0 Å². The zero-order valence-electron chi connectivity index (χ0n) is 37.0. The molecule has 1 heterocycles. The first-order valence-electron chi connectivity index (χ1n) is 23.5. The van der Waals surface area contributed by atoms with Crippen LogP contribution in [0.5, 0.6) is 0 Å².